The molecule has 5 N–H and O–H groups in total. The second-order valence-electron chi connectivity index (χ2n) is 8.18. The molecule has 13 nitrogen and oxygen atoms in total. The van der Waals surface area contributed by atoms with Crippen molar-refractivity contribution in [3.05, 3.63) is 60.7 Å². The van der Waals surface area contributed by atoms with E-state index < -0.39 is 20.8 Å². The second kappa shape index (κ2) is 11.9. The molecule has 4 rings (SSSR count). The maximum Gasteiger partial charge on any atom is 0.294 e. The smallest absolute Gasteiger partial charge is 0.294 e. The molecule has 0 radical (unpaired) electrons. The number of nitrogens with zero attached hydrogens (tertiary/aromatic N) is 4. The van der Waals surface area contributed by atoms with Crippen LogP contribution in [0.15, 0.2) is 86.0 Å². The van der Waals surface area contributed by atoms with Gasteiger partial charge in [-0.25, -0.2) is 0 Å². The molecule has 4 aromatic rings. The van der Waals surface area contributed by atoms with Gasteiger partial charge in [-0.3, -0.25) is 4.55 Å². The third kappa shape index (κ3) is 6.26. The van der Waals surface area contributed by atoms with Crippen LogP contribution in [0.3, 0.4) is 0 Å². The van der Waals surface area contributed by atoms with Crippen LogP contribution in [0.5, 0.6) is 23.0 Å². The lowest BCUT2D eigenvalue weighted by Crippen LogP contribution is -2.00. The number of nitrogen functional groups attached to an aromatic ring is 1. The highest BCUT2D eigenvalue weighted by atomic mass is 32.2. The molecule has 0 aliphatic heterocycles. The van der Waals surface area contributed by atoms with E-state index in [1.165, 1.54) is 32.4 Å². The Labute approximate surface area is 228 Å². The normalized spacial score (nSPS) is 11.9. The number of aromatic hydroxyl groups is 1. The van der Waals surface area contributed by atoms with Gasteiger partial charge < -0.3 is 30.2 Å². The molecule has 0 unspecified atom stereocenters. The van der Waals surface area contributed by atoms with E-state index in [4.69, 9.17) is 25.1 Å². The highest BCUT2D eigenvalue weighted by Gasteiger charge is 2.17. The Balaban J connectivity index is 1.64. The number of aliphatic hydroxyl groups is 1. The van der Waals surface area contributed by atoms with Crippen molar-refractivity contribution in [3.63, 3.8) is 0 Å². The van der Waals surface area contributed by atoms with E-state index in [0.717, 1.165) is 6.07 Å². The van der Waals surface area contributed by atoms with Crippen LogP contribution >= 0.6 is 0 Å². The van der Waals surface area contributed by atoms with E-state index in [2.05, 4.69) is 20.5 Å². The fraction of sp³-hybridized carbons (Fsp3) is 0.154. The van der Waals surface area contributed by atoms with Crippen LogP contribution in [0.4, 0.5) is 28.4 Å². The molecule has 0 heterocycles. The molecule has 0 bridgehead atoms. The zero-order valence-corrected chi connectivity index (χ0v) is 22.2. The number of rotatable bonds is 10. The van der Waals surface area contributed by atoms with E-state index in [9.17, 15) is 18.1 Å². The SMILES string of the molecule is COc1cc(N=Nc2ccc3cc(S(=O)(=O)O)cc(O)c3c2N)c(OC)cc1N=Nc1ccc(OCCO)cc1. The number of anilines is 1. The monoisotopic (exact) mass is 567 g/mol. The standard InChI is InChI=1S/C26H25N5O8S/c1-37-23-14-21(24(38-2)13-20(23)30-28-16-4-6-17(7-5-16)39-10-9-32)31-29-19-8-3-15-11-18(40(34,35)36)12-22(33)25(15)26(19)27/h3-8,11-14,32-33H,9-10,27H2,1-2H3,(H,34,35,36). The van der Waals surface area contributed by atoms with Crippen LogP contribution in [0.2, 0.25) is 0 Å². The lowest BCUT2D eigenvalue weighted by atomic mass is 10.1. The van der Waals surface area contributed by atoms with Gasteiger partial charge in [0.2, 0.25) is 0 Å². The summed E-state index contributed by atoms with van der Waals surface area (Å²) in [7, 11) is -1.62. The molecular formula is C26H25N5O8S. The number of nitrogens with two attached hydrogens (primary N) is 1. The lowest BCUT2D eigenvalue weighted by molar-refractivity contribution is 0.201. The van der Waals surface area contributed by atoms with Crippen molar-refractivity contribution in [2.24, 2.45) is 20.5 Å². The molecule has 40 heavy (non-hydrogen) atoms. The number of azo groups is 2. The number of aliphatic hydroxyl groups excluding tert-OH is 1. The quantitative estimate of drug-likeness (QED) is 0.107. The van der Waals surface area contributed by atoms with Crippen LogP contribution < -0.4 is 19.9 Å². The summed E-state index contributed by atoms with van der Waals surface area (Å²) in [5.74, 6) is 0.794. The summed E-state index contributed by atoms with van der Waals surface area (Å²) >= 11 is 0. The van der Waals surface area contributed by atoms with E-state index in [1.54, 1.807) is 36.4 Å². The lowest BCUT2D eigenvalue weighted by Gasteiger charge is -2.10. The number of phenols is 1. The molecule has 0 aromatic heterocycles. The Kier molecular flexibility index (Phi) is 8.43. The predicted octanol–water partition coefficient (Wildman–Crippen LogP) is 5.59. The first-order valence-corrected chi connectivity index (χ1v) is 13.0. The summed E-state index contributed by atoms with van der Waals surface area (Å²) in [4.78, 5) is -0.468. The van der Waals surface area contributed by atoms with Crippen molar-refractivity contribution >= 4 is 49.3 Å². The zero-order valence-electron chi connectivity index (χ0n) is 21.3. The molecule has 14 heteroatoms. The summed E-state index contributed by atoms with van der Waals surface area (Å²) < 4.78 is 48.4. The maximum atomic E-state index is 11.5. The first kappa shape index (κ1) is 28.2. The van der Waals surface area contributed by atoms with E-state index in [-0.39, 0.29) is 41.0 Å². The number of methoxy groups -OCH3 is 2. The topological polar surface area (TPSA) is 198 Å². The maximum absolute atomic E-state index is 11.5. The van der Waals surface area contributed by atoms with E-state index in [1.807, 2.05) is 0 Å². The van der Waals surface area contributed by atoms with Crippen molar-refractivity contribution < 1.29 is 37.4 Å². The van der Waals surface area contributed by atoms with Gasteiger partial charge in [-0.15, -0.1) is 15.3 Å². The summed E-state index contributed by atoms with van der Waals surface area (Å²) in [6.07, 6.45) is 0. The van der Waals surface area contributed by atoms with Crippen molar-refractivity contribution in [2.45, 2.75) is 4.90 Å². The Morgan fingerprint density at radius 2 is 1.43 bits per heavy atom. The minimum atomic E-state index is -4.52. The first-order valence-electron chi connectivity index (χ1n) is 11.6. The fourth-order valence-electron chi connectivity index (χ4n) is 3.68. The highest BCUT2D eigenvalue weighted by Crippen LogP contribution is 2.43. The fourth-order valence-corrected chi connectivity index (χ4v) is 4.22. The van der Waals surface area contributed by atoms with Crippen molar-refractivity contribution in [3.8, 4) is 23.0 Å². The Bertz CT molecular complexity index is 1710. The summed E-state index contributed by atoms with van der Waals surface area (Å²) in [5, 5.41) is 36.5. The second-order valence-corrected chi connectivity index (χ2v) is 9.60. The molecular weight excluding hydrogens is 542 g/mol. The van der Waals surface area contributed by atoms with Crippen LogP contribution in [0, 0.1) is 0 Å². The summed E-state index contributed by atoms with van der Waals surface area (Å²) in [6.45, 7) is 0.105. The third-order valence-electron chi connectivity index (χ3n) is 5.60. The highest BCUT2D eigenvalue weighted by molar-refractivity contribution is 7.85. The first-order chi connectivity index (χ1) is 19.1. The number of benzene rings is 4. The van der Waals surface area contributed by atoms with Crippen LogP contribution in [-0.4, -0.2) is 50.6 Å². The molecule has 0 amide bonds. The largest absolute Gasteiger partial charge is 0.507 e. The molecule has 0 aliphatic rings. The molecule has 0 atom stereocenters. The minimum Gasteiger partial charge on any atom is -0.507 e. The van der Waals surface area contributed by atoms with Crippen LogP contribution in [0.1, 0.15) is 0 Å². The number of phenolic OH excluding ortho intramolecular Hbond substituents is 1. The van der Waals surface area contributed by atoms with Gasteiger partial charge in [0.25, 0.3) is 10.1 Å². The Morgan fingerprint density at radius 1 is 0.825 bits per heavy atom. The average Bonchev–Trinajstić information content (AvgIpc) is 2.94. The van der Waals surface area contributed by atoms with E-state index >= 15 is 0 Å². The van der Waals surface area contributed by atoms with Crippen molar-refractivity contribution in [2.75, 3.05) is 33.2 Å². The molecule has 208 valence electrons. The van der Waals surface area contributed by atoms with Gasteiger partial charge >= 0.3 is 0 Å². The molecule has 0 spiro atoms. The van der Waals surface area contributed by atoms with Crippen molar-refractivity contribution in [1.82, 2.24) is 0 Å². The van der Waals surface area contributed by atoms with Crippen LogP contribution in [0.25, 0.3) is 10.8 Å². The van der Waals surface area contributed by atoms with Gasteiger partial charge in [-0.05, 0) is 41.8 Å². The molecule has 0 fully saturated rings. The van der Waals surface area contributed by atoms with Crippen molar-refractivity contribution in [1.29, 1.82) is 0 Å². The molecule has 4 aromatic carbocycles. The third-order valence-corrected chi connectivity index (χ3v) is 6.43. The predicted molar refractivity (Wildman–Crippen MR) is 147 cm³/mol. The van der Waals surface area contributed by atoms with Gasteiger partial charge in [-0.1, -0.05) is 6.07 Å². The van der Waals surface area contributed by atoms with E-state index in [0.29, 0.717) is 28.6 Å². The van der Waals surface area contributed by atoms with Gasteiger partial charge in [0, 0.05) is 23.6 Å². The Hall–Kier alpha value is -4.79. The van der Waals surface area contributed by atoms with Gasteiger partial charge in [0.1, 0.15) is 46.7 Å². The molecule has 0 aliphatic carbocycles. The number of hydrogen-bond acceptors (Lipinski definition) is 12. The number of ether oxygens (including phenoxy) is 3. The minimum absolute atomic E-state index is 0.0461. The molecule has 0 saturated heterocycles. The van der Waals surface area contributed by atoms with Gasteiger partial charge in [-0.2, -0.15) is 13.5 Å². The van der Waals surface area contributed by atoms with Crippen LogP contribution in [-0.2, 0) is 10.1 Å². The average molecular weight is 568 g/mol. The summed E-state index contributed by atoms with van der Waals surface area (Å²) in [6, 6.07) is 15.0. The number of hydrogen-bond donors (Lipinski definition) is 4. The summed E-state index contributed by atoms with van der Waals surface area (Å²) in [5.41, 5.74) is 7.64. The number of fused-ring (bicyclic) bond motifs is 1. The molecule has 0 saturated carbocycles. The van der Waals surface area contributed by atoms with Gasteiger partial charge in [0.05, 0.1) is 37.1 Å². The van der Waals surface area contributed by atoms with Gasteiger partial charge in [0.15, 0.2) is 0 Å². The zero-order chi connectivity index (χ0) is 28.9. The Morgan fingerprint density at radius 3 is 2.00 bits per heavy atom.